The molecule has 0 bridgehead atoms. The lowest BCUT2D eigenvalue weighted by Gasteiger charge is -2.17. The summed E-state index contributed by atoms with van der Waals surface area (Å²) in [7, 11) is 0. The number of para-hydroxylation sites is 1. The molecule has 1 saturated carbocycles. The summed E-state index contributed by atoms with van der Waals surface area (Å²) in [6.45, 7) is 4.34. The maximum Gasteiger partial charge on any atom is 0.253 e. The highest BCUT2D eigenvalue weighted by atomic mass is 16.3. The number of allylic oxidation sites excluding steroid dienone is 4. The minimum absolute atomic E-state index is 0.229. The zero-order valence-corrected chi connectivity index (χ0v) is 22.9. The molecule has 0 unspecified atom stereocenters. The van der Waals surface area contributed by atoms with E-state index in [0.717, 1.165) is 18.4 Å². The van der Waals surface area contributed by atoms with Crippen molar-refractivity contribution < 1.29 is 9.21 Å². The van der Waals surface area contributed by atoms with Crippen LogP contribution in [0.1, 0.15) is 66.6 Å². The summed E-state index contributed by atoms with van der Waals surface area (Å²) in [5, 5.41) is 15.1. The SMILES string of the molecule is C/C=C\C=C/C.N=C(c1ccc(CNC(=O)c2cccc3ocnc23)cc1)c1c(N)ncnc1NC1CCCC1. The Morgan fingerprint density at radius 2 is 1.77 bits per heavy atom. The van der Waals surface area contributed by atoms with E-state index in [4.69, 9.17) is 15.6 Å². The van der Waals surface area contributed by atoms with Crippen molar-refractivity contribution in [1.82, 2.24) is 20.3 Å². The zero-order valence-electron chi connectivity index (χ0n) is 22.9. The Balaban J connectivity index is 0.000000557. The molecular formula is C31H35N7O2. The van der Waals surface area contributed by atoms with Crippen molar-refractivity contribution in [2.24, 2.45) is 0 Å². The molecule has 2 aromatic heterocycles. The van der Waals surface area contributed by atoms with Crippen molar-refractivity contribution in [3.63, 3.8) is 0 Å². The van der Waals surface area contributed by atoms with Crippen LogP contribution in [0.3, 0.4) is 0 Å². The van der Waals surface area contributed by atoms with E-state index in [-0.39, 0.29) is 17.4 Å². The largest absolute Gasteiger partial charge is 0.443 e. The first kappa shape index (κ1) is 28.2. The van der Waals surface area contributed by atoms with Crippen molar-refractivity contribution in [2.75, 3.05) is 11.1 Å². The second kappa shape index (κ2) is 13.8. The van der Waals surface area contributed by atoms with Crippen LogP contribution < -0.4 is 16.4 Å². The minimum atomic E-state index is -0.229. The monoisotopic (exact) mass is 537 g/mol. The van der Waals surface area contributed by atoms with Gasteiger partial charge in [0, 0.05) is 18.2 Å². The lowest BCUT2D eigenvalue weighted by atomic mass is 10.0. The summed E-state index contributed by atoms with van der Waals surface area (Å²) in [5.74, 6) is 0.648. The number of hydrogen-bond acceptors (Lipinski definition) is 8. The number of nitrogen functional groups attached to an aromatic ring is 1. The van der Waals surface area contributed by atoms with Crippen LogP contribution in [-0.4, -0.2) is 32.6 Å². The Hall–Kier alpha value is -4.79. The molecule has 9 heteroatoms. The predicted molar refractivity (Wildman–Crippen MR) is 160 cm³/mol. The Morgan fingerprint density at radius 3 is 2.48 bits per heavy atom. The van der Waals surface area contributed by atoms with Gasteiger partial charge in [-0.1, -0.05) is 67.5 Å². The first-order valence-electron chi connectivity index (χ1n) is 13.4. The van der Waals surface area contributed by atoms with Gasteiger partial charge in [0.15, 0.2) is 12.0 Å². The van der Waals surface area contributed by atoms with Crippen molar-refractivity contribution in [3.8, 4) is 0 Å². The van der Waals surface area contributed by atoms with Gasteiger partial charge in [0.05, 0.1) is 16.8 Å². The molecule has 1 aliphatic rings. The Labute approximate surface area is 234 Å². The number of anilines is 2. The highest BCUT2D eigenvalue weighted by Gasteiger charge is 2.21. The molecule has 40 heavy (non-hydrogen) atoms. The van der Waals surface area contributed by atoms with Crippen LogP contribution in [0.4, 0.5) is 11.6 Å². The molecule has 2 aromatic carbocycles. The fourth-order valence-corrected chi connectivity index (χ4v) is 4.52. The lowest BCUT2D eigenvalue weighted by molar-refractivity contribution is 0.0952. The molecule has 9 nitrogen and oxygen atoms in total. The average Bonchev–Trinajstić information content (AvgIpc) is 3.67. The molecule has 2 heterocycles. The third-order valence-electron chi connectivity index (χ3n) is 6.62. The number of fused-ring (bicyclic) bond motifs is 1. The van der Waals surface area contributed by atoms with Gasteiger partial charge in [0.25, 0.3) is 5.91 Å². The number of hydrogen-bond donors (Lipinski definition) is 4. The van der Waals surface area contributed by atoms with Gasteiger partial charge < -0.3 is 20.8 Å². The number of benzene rings is 2. The fourth-order valence-electron chi connectivity index (χ4n) is 4.52. The molecular weight excluding hydrogens is 502 g/mol. The van der Waals surface area contributed by atoms with E-state index in [1.807, 2.05) is 62.4 Å². The number of rotatable bonds is 8. The van der Waals surface area contributed by atoms with Crippen LogP contribution in [0, 0.1) is 5.41 Å². The van der Waals surface area contributed by atoms with Gasteiger partial charge in [-0.15, -0.1) is 0 Å². The van der Waals surface area contributed by atoms with Crippen LogP contribution in [0.25, 0.3) is 11.1 Å². The van der Waals surface area contributed by atoms with Crippen molar-refractivity contribution >= 4 is 34.4 Å². The molecule has 0 aliphatic heterocycles. The van der Waals surface area contributed by atoms with E-state index in [0.29, 0.717) is 46.2 Å². The minimum Gasteiger partial charge on any atom is -0.443 e. The molecule has 0 saturated heterocycles. The van der Waals surface area contributed by atoms with E-state index in [1.54, 1.807) is 18.2 Å². The Kier molecular flexibility index (Phi) is 9.77. The van der Waals surface area contributed by atoms with Gasteiger partial charge in [0.1, 0.15) is 23.5 Å². The summed E-state index contributed by atoms with van der Waals surface area (Å²) in [6, 6.07) is 13.0. The highest BCUT2D eigenvalue weighted by molar-refractivity contribution is 6.16. The first-order chi connectivity index (χ1) is 19.5. The Bertz CT molecular complexity index is 1490. The molecule has 0 radical (unpaired) electrons. The third kappa shape index (κ3) is 6.99. The smallest absolute Gasteiger partial charge is 0.253 e. The second-order valence-corrected chi connectivity index (χ2v) is 9.42. The number of carbonyl (C=O) groups excluding carboxylic acids is 1. The molecule has 206 valence electrons. The summed E-state index contributed by atoms with van der Waals surface area (Å²) in [5.41, 5.74) is 10.1. The number of nitrogens with one attached hydrogen (secondary N) is 3. The van der Waals surface area contributed by atoms with Gasteiger partial charge in [-0.05, 0) is 44.4 Å². The summed E-state index contributed by atoms with van der Waals surface area (Å²) in [4.78, 5) is 25.2. The quantitative estimate of drug-likeness (QED) is 0.158. The molecule has 0 atom stereocenters. The standard InChI is InChI=1S/C25H25N7O2.C6H10/c26-21(20-23(27)29-13-30-24(20)32-17-4-1-2-5-17)16-10-8-15(9-11-16)12-28-25(33)18-6-3-7-19-22(18)31-14-34-19;1-3-5-6-4-2/h3,6-11,13-14,17,26H,1-2,4-5,12H2,(H,28,33)(H3,27,29,30,32);3-6H,1-2H3/b;5-3-,6-4-. The van der Waals surface area contributed by atoms with Crippen LogP contribution in [-0.2, 0) is 6.54 Å². The number of nitrogens with two attached hydrogens (primary N) is 1. The molecule has 0 spiro atoms. The van der Waals surface area contributed by atoms with E-state index < -0.39 is 0 Å². The van der Waals surface area contributed by atoms with Gasteiger partial charge in [-0.25, -0.2) is 15.0 Å². The summed E-state index contributed by atoms with van der Waals surface area (Å²) >= 11 is 0. The normalized spacial score (nSPS) is 13.4. The fraction of sp³-hybridized carbons (Fsp3) is 0.258. The van der Waals surface area contributed by atoms with Crippen molar-refractivity contribution in [1.29, 1.82) is 5.41 Å². The maximum atomic E-state index is 12.6. The number of aromatic nitrogens is 3. The number of oxazole rings is 1. The maximum absolute atomic E-state index is 12.6. The summed E-state index contributed by atoms with van der Waals surface area (Å²) in [6.07, 6.45) is 15.3. The van der Waals surface area contributed by atoms with Crippen LogP contribution in [0.5, 0.6) is 0 Å². The molecule has 5 N–H and O–H groups in total. The number of amides is 1. The molecule has 1 amide bonds. The molecule has 4 aromatic rings. The molecule has 1 fully saturated rings. The number of carbonyl (C=O) groups is 1. The predicted octanol–water partition coefficient (Wildman–Crippen LogP) is 6.04. The second-order valence-electron chi connectivity index (χ2n) is 9.42. The van der Waals surface area contributed by atoms with E-state index in [2.05, 4.69) is 25.6 Å². The van der Waals surface area contributed by atoms with Crippen molar-refractivity contribution in [3.05, 3.63) is 102 Å². The van der Waals surface area contributed by atoms with Gasteiger partial charge >= 0.3 is 0 Å². The van der Waals surface area contributed by atoms with Gasteiger partial charge in [-0.3, -0.25) is 10.2 Å². The zero-order chi connectivity index (χ0) is 28.3. The first-order valence-corrected chi connectivity index (χ1v) is 13.4. The topological polar surface area (TPSA) is 143 Å². The van der Waals surface area contributed by atoms with E-state index in [1.165, 1.54) is 25.6 Å². The van der Waals surface area contributed by atoms with Crippen LogP contribution >= 0.6 is 0 Å². The highest BCUT2D eigenvalue weighted by Crippen LogP contribution is 2.26. The van der Waals surface area contributed by atoms with Crippen LogP contribution in [0.15, 0.2) is 83.9 Å². The van der Waals surface area contributed by atoms with Gasteiger partial charge in [0.2, 0.25) is 0 Å². The summed E-state index contributed by atoms with van der Waals surface area (Å²) < 4.78 is 5.26. The average molecular weight is 538 g/mol. The van der Waals surface area contributed by atoms with Gasteiger partial charge in [-0.2, -0.15) is 0 Å². The third-order valence-corrected chi connectivity index (χ3v) is 6.62. The number of nitrogens with zero attached hydrogens (tertiary/aromatic N) is 3. The van der Waals surface area contributed by atoms with Crippen molar-refractivity contribution in [2.45, 2.75) is 52.1 Å². The van der Waals surface area contributed by atoms with E-state index >= 15 is 0 Å². The Morgan fingerprint density at radius 1 is 1.05 bits per heavy atom. The molecule has 5 rings (SSSR count). The van der Waals surface area contributed by atoms with E-state index in [9.17, 15) is 4.79 Å². The lowest BCUT2D eigenvalue weighted by Crippen LogP contribution is -2.23. The van der Waals surface area contributed by atoms with Crippen LogP contribution in [0.2, 0.25) is 0 Å². The molecule has 1 aliphatic carbocycles.